The average molecular weight is 256 g/mol. The Labute approximate surface area is 103 Å². The number of halogens is 1. The summed E-state index contributed by atoms with van der Waals surface area (Å²) in [5.41, 5.74) is 0.804. The standard InChI is InChI=1S/C11H10ClNO2S/c1-15-11(14)7-8-2-3-10(9(12)6-8)16-5-4-13/h2-3,6H,5,7H2,1H3. The van der Waals surface area contributed by atoms with E-state index in [0.29, 0.717) is 10.8 Å². The molecule has 0 aliphatic heterocycles. The third kappa shape index (κ3) is 3.76. The molecule has 0 saturated carbocycles. The molecular formula is C11H10ClNO2S. The fraction of sp³-hybridized carbons (Fsp3) is 0.273. The monoisotopic (exact) mass is 255 g/mol. The van der Waals surface area contributed by atoms with Crippen molar-refractivity contribution in [2.24, 2.45) is 0 Å². The maximum absolute atomic E-state index is 11.0. The summed E-state index contributed by atoms with van der Waals surface area (Å²) in [4.78, 5) is 11.9. The lowest BCUT2D eigenvalue weighted by Crippen LogP contribution is -2.04. The number of carbonyl (C=O) groups is 1. The van der Waals surface area contributed by atoms with E-state index in [0.717, 1.165) is 10.5 Å². The molecular weight excluding hydrogens is 246 g/mol. The highest BCUT2D eigenvalue weighted by molar-refractivity contribution is 7.99. The van der Waals surface area contributed by atoms with E-state index in [1.165, 1.54) is 18.9 Å². The summed E-state index contributed by atoms with van der Waals surface area (Å²) in [6.45, 7) is 0. The molecule has 0 aliphatic rings. The third-order valence-electron chi connectivity index (χ3n) is 1.86. The molecule has 0 unspecified atom stereocenters. The molecule has 1 aromatic rings. The Bertz CT molecular complexity index is 428. The number of esters is 1. The number of ether oxygens (including phenoxy) is 1. The van der Waals surface area contributed by atoms with Crippen LogP contribution in [0.4, 0.5) is 0 Å². The quantitative estimate of drug-likeness (QED) is 0.613. The van der Waals surface area contributed by atoms with E-state index in [-0.39, 0.29) is 12.4 Å². The second-order valence-corrected chi connectivity index (χ2v) is 4.39. The molecule has 0 fully saturated rings. The Balaban J connectivity index is 2.75. The van der Waals surface area contributed by atoms with Crippen LogP contribution in [-0.2, 0) is 16.0 Å². The van der Waals surface area contributed by atoms with Crippen LogP contribution in [-0.4, -0.2) is 18.8 Å². The molecule has 0 bridgehead atoms. The Hall–Kier alpha value is -1.18. The summed E-state index contributed by atoms with van der Waals surface area (Å²) in [5, 5.41) is 9.01. The van der Waals surface area contributed by atoms with Crippen molar-refractivity contribution in [1.82, 2.24) is 0 Å². The van der Waals surface area contributed by atoms with Gasteiger partial charge in [0.2, 0.25) is 0 Å². The molecule has 5 heteroatoms. The van der Waals surface area contributed by atoms with E-state index >= 15 is 0 Å². The number of benzene rings is 1. The number of thioether (sulfide) groups is 1. The number of hydrogen-bond donors (Lipinski definition) is 0. The van der Waals surface area contributed by atoms with E-state index in [9.17, 15) is 4.79 Å². The number of carbonyl (C=O) groups excluding carboxylic acids is 1. The first-order chi connectivity index (χ1) is 7.67. The topological polar surface area (TPSA) is 50.1 Å². The fourth-order valence-electron chi connectivity index (χ4n) is 1.12. The second kappa shape index (κ2) is 6.41. The molecule has 0 aliphatic carbocycles. The Morgan fingerprint density at radius 3 is 2.94 bits per heavy atom. The second-order valence-electron chi connectivity index (χ2n) is 2.96. The maximum atomic E-state index is 11.0. The van der Waals surface area contributed by atoms with Crippen molar-refractivity contribution < 1.29 is 9.53 Å². The molecule has 3 nitrogen and oxygen atoms in total. The summed E-state index contributed by atoms with van der Waals surface area (Å²) < 4.78 is 4.56. The highest BCUT2D eigenvalue weighted by Gasteiger charge is 2.06. The SMILES string of the molecule is COC(=O)Cc1ccc(SCC#N)c(Cl)c1. The Morgan fingerprint density at radius 1 is 1.62 bits per heavy atom. The minimum atomic E-state index is -0.298. The highest BCUT2D eigenvalue weighted by Crippen LogP contribution is 2.27. The minimum absolute atomic E-state index is 0.208. The molecule has 0 saturated heterocycles. The lowest BCUT2D eigenvalue weighted by molar-refractivity contribution is -0.139. The molecule has 84 valence electrons. The van der Waals surface area contributed by atoms with Gasteiger partial charge in [-0.15, -0.1) is 11.8 Å². The fourth-order valence-corrected chi connectivity index (χ4v) is 2.07. The lowest BCUT2D eigenvalue weighted by atomic mass is 10.1. The van der Waals surface area contributed by atoms with Crippen LogP contribution < -0.4 is 0 Å². The third-order valence-corrected chi connectivity index (χ3v) is 3.23. The van der Waals surface area contributed by atoms with Gasteiger partial charge in [0.05, 0.1) is 30.4 Å². The van der Waals surface area contributed by atoms with Crippen molar-refractivity contribution >= 4 is 29.3 Å². The smallest absolute Gasteiger partial charge is 0.309 e. The van der Waals surface area contributed by atoms with E-state index < -0.39 is 0 Å². The minimum Gasteiger partial charge on any atom is -0.469 e. The van der Waals surface area contributed by atoms with Gasteiger partial charge in [0.25, 0.3) is 0 Å². The number of methoxy groups -OCH3 is 1. The van der Waals surface area contributed by atoms with Crippen molar-refractivity contribution in [3.05, 3.63) is 28.8 Å². The summed E-state index contributed by atoms with van der Waals surface area (Å²) in [6, 6.07) is 7.37. The summed E-state index contributed by atoms with van der Waals surface area (Å²) >= 11 is 7.38. The molecule has 0 radical (unpaired) electrons. The Morgan fingerprint density at radius 2 is 2.38 bits per heavy atom. The predicted octanol–water partition coefficient (Wildman–Crippen LogP) is 2.67. The average Bonchev–Trinajstić information content (AvgIpc) is 2.28. The van der Waals surface area contributed by atoms with E-state index in [2.05, 4.69) is 4.74 Å². The van der Waals surface area contributed by atoms with Gasteiger partial charge in [-0.3, -0.25) is 4.79 Å². The molecule has 0 aromatic heterocycles. The van der Waals surface area contributed by atoms with Crippen LogP contribution in [0, 0.1) is 11.3 Å². The van der Waals surface area contributed by atoms with Crippen LogP contribution in [0.1, 0.15) is 5.56 Å². The lowest BCUT2D eigenvalue weighted by Gasteiger charge is -2.04. The van der Waals surface area contributed by atoms with Crippen LogP contribution in [0.2, 0.25) is 5.02 Å². The first kappa shape index (κ1) is 12.9. The van der Waals surface area contributed by atoms with Crippen molar-refractivity contribution in [1.29, 1.82) is 5.26 Å². The van der Waals surface area contributed by atoms with Crippen LogP contribution in [0.15, 0.2) is 23.1 Å². The number of nitriles is 1. The normalized spacial score (nSPS) is 9.56. The molecule has 0 amide bonds. The van der Waals surface area contributed by atoms with Crippen molar-refractivity contribution in [2.75, 3.05) is 12.9 Å². The van der Waals surface area contributed by atoms with E-state index in [1.54, 1.807) is 6.07 Å². The number of rotatable bonds is 4. The predicted molar refractivity (Wildman–Crippen MR) is 63.5 cm³/mol. The molecule has 0 atom stereocenters. The number of nitrogens with zero attached hydrogens (tertiary/aromatic N) is 1. The summed E-state index contributed by atoms with van der Waals surface area (Å²) in [5.74, 6) is 0.0595. The largest absolute Gasteiger partial charge is 0.469 e. The van der Waals surface area contributed by atoms with E-state index in [4.69, 9.17) is 16.9 Å². The molecule has 1 rings (SSSR count). The molecule has 0 N–H and O–H groups in total. The maximum Gasteiger partial charge on any atom is 0.309 e. The van der Waals surface area contributed by atoms with Crippen LogP contribution in [0.5, 0.6) is 0 Å². The molecule has 1 aromatic carbocycles. The summed E-state index contributed by atoms with van der Waals surface area (Å²) in [6.07, 6.45) is 0.208. The van der Waals surface area contributed by atoms with Gasteiger partial charge in [0.15, 0.2) is 0 Å². The highest BCUT2D eigenvalue weighted by atomic mass is 35.5. The van der Waals surface area contributed by atoms with Gasteiger partial charge in [0.1, 0.15) is 0 Å². The zero-order chi connectivity index (χ0) is 12.0. The first-order valence-corrected chi connectivity index (χ1v) is 5.88. The van der Waals surface area contributed by atoms with Crippen molar-refractivity contribution in [2.45, 2.75) is 11.3 Å². The van der Waals surface area contributed by atoms with Crippen molar-refractivity contribution in [3.8, 4) is 6.07 Å². The van der Waals surface area contributed by atoms with Crippen molar-refractivity contribution in [3.63, 3.8) is 0 Å². The zero-order valence-electron chi connectivity index (χ0n) is 8.70. The number of hydrogen-bond acceptors (Lipinski definition) is 4. The molecule has 0 spiro atoms. The summed E-state index contributed by atoms with van der Waals surface area (Å²) in [7, 11) is 1.35. The van der Waals surface area contributed by atoms with Gasteiger partial charge >= 0.3 is 5.97 Å². The van der Waals surface area contributed by atoms with E-state index in [1.807, 2.05) is 18.2 Å². The van der Waals surface area contributed by atoms with Gasteiger partial charge in [-0.2, -0.15) is 5.26 Å². The van der Waals surface area contributed by atoms with Gasteiger partial charge in [-0.25, -0.2) is 0 Å². The van der Waals surface area contributed by atoms with Crippen LogP contribution in [0.25, 0.3) is 0 Å². The van der Waals surface area contributed by atoms with Gasteiger partial charge < -0.3 is 4.74 Å². The van der Waals surface area contributed by atoms with Gasteiger partial charge in [-0.05, 0) is 17.7 Å². The zero-order valence-corrected chi connectivity index (χ0v) is 10.3. The molecule has 0 heterocycles. The van der Waals surface area contributed by atoms with Crippen LogP contribution >= 0.6 is 23.4 Å². The van der Waals surface area contributed by atoms with Gasteiger partial charge in [0, 0.05) is 4.90 Å². The van der Waals surface area contributed by atoms with Gasteiger partial charge in [-0.1, -0.05) is 17.7 Å². The molecule has 16 heavy (non-hydrogen) atoms. The Kier molecular flexibility index (Phi) is 5.17. The first-order valence-electron chi connectivity index (χ1n) is 4.52. The van der Waals surface area contributed by atoms with Crippen LogP contribution in [0.3, 0.4) is 0 Å².